The predicted molar refractivity (Wildman–Crippen MR) is 116 cm³/mol. The van der Waals surface area contributed by atoms with E-state index in [0.717, 1.165) is 32.2 Å². The van der Waals surface area contributed by atoms with Gasteiger partial charge in [-0.3, -0.25) is 19.5 Å². The Balaban J connectivity index is 1.97. The molecule has 0 radical (unpaired) electrons. The van der Waals surface area contributed by atoms with Crippen molar-refractivity contribution in [2.75, 3.05) is 13.2 Å². The van der Waals surface area contributed by atoms with Gasteiger partial charge in [0.1, 0.15) is 0 Å². The van der Waals surface area contributed by atoms with Gasteiger partial charge in [0.25, 0.3) is 11.5 Å². The molecule has 4 rings (SSSR count). The van der Waals surface area contributed by atoms with Crippen molar-refractivity contribution in [3.05, 3.63) is 43.4 Å². The number of nitrogens with one attached hydrogen (secondary N) is 1. The molecule has 9 heteroatoms. The Morgan fingerprint density at radius 1 is 1.37 bits per heavy atom. The van der Waals surface area contributed by atoms with E-state index in [4.69, 9.17) is 4.84 Å². The Morgan fingerprint density at radius 3 is 2.67 bits per heavy atom. The summed E-state index contributed by atoms with van der Waals surface area (Å²) < 4.78 is 2.13. The summed E-state index contributed by atoms with van der Waals surface area (Å²) in [6.45, 7) is 11.1. The van der Waals surface area contributed by atoms with Gasteiger partial charge in [0, 0.05) is 35.5 Å². The van der Waals surface area contributed by atoms with Crippen LogP contribution in [0, 0.1) is 19.8 Å². The topological polar surface area (TPSA) is 93.1 Å². The summed E-state index contributed by atoms with van der Waals surface area (Å²) in [5.41, 5.74) is 3.91. The minimum Gasteiger partial charge on any atom is -0.282 e. The summed E-state index contributed by atoms with van der Waals surface area (Å²) in [5, 5.41) is 13.6. The lowest BCUT2D eigenvalue weighted by Crippen LogP contribution is -2.30. The molecule has 1 aliphatic heterocycles. The molecule has 0 unspecified atom stereocenters. The van der Waals surface area contributed by atoms with E-state index in [1.165, 1.54) is 21.1 Å². The van der Waals surface area contributed by atoms with E-state index in [-0.39, 0.29) is 23.3 Å². The van der Waals surface area contributed by atoms with Gasteiger partial charge in [-0.15, -0.1) is 11.3 Å². The fraction of sp³-hybridized carbons (Fsp3) is 0.524. The summed E-state index contributed by atoms with van der Waals surface area (Å²) in [7, 11) is 1.64. The van der Waals surface area contributed by atoms with Gasteiger partial charge >= 0.3 is 0 Å². The third-order valence-electron chi connectivity index (χ3n) is 5.58. The van der Waals surface area contributed by atoms with Gasteiger partial charge in [0.15, 0.2) is 0 Å². The van der Waals surface area contributed by atoms with Gasteiger partial charge in [-0.25, -0.2) is 9.75 Å². The Kier molecular flexibility index (Phi) is 5.27. The molecule has 1 fully saturated rings. The normalized spacial score (nSPS) is 16.9. The molecule has 1 atom stereocenters. The molecule has 160 valence electrons. The minimum atomic E-state index is -0.256. The van der Waals surface area contributed by atoms with Crippen LogP contribution in [0.15, 0.2) is 4.79 Å². The second-order valence-corrected chi connectivity index (χ2v) is 9.53. The largest absolute Gasteiger partial charge is 0.282 e. The highest BCUT2D eigenvalue weighted by Gasteiger charge is 2.32. The molecule has 0 spiro atoms. The highest BCUT2D eigenvalue weighted by Crippen LogP contribution is 2.36. The number of rotatable bonds is 4. The van der Waals surface area contributed by atoms with Crippen LogP contribution in [0.3, 0.4) is 0 Å². The number of aromatic amines is 1. The number of hydrogen-bond donors (Lipinski definition) is 1. The molecule has 8 nitrogen and oxygen atoms in total. The summed E-state index contributed by atoms with van der Waals surface area (Å²) in [6, 6.07) is 0. The lowest BCUT2D eigenvalue weighted by atomic mass is 10.0. The lowest BCUT2D eigenvalue weighted by Gasteiger charge is -2.15. The molecule has 4 heterocycles. The fourth-order valence-corrected chi connectivity index (χ4v) is 5.30. The maximum absolute atomic E-state index is 13.5. The summed E-state index contributed by atoms with van der Waals surface area (Å²) in [5.74, 6) is 0.128. The van der Waals surface area contributed by atoms with Crippen molar-refractivity contribution in [2.45, 2.75) is 47.0 Å². The van der Waals surface area contributed by atoms with Crippen LogP contribution in [-0.4, -0.2) is 44.1 Å². The zero-order chi connectivity index (χ0) is 21.7. The molecule has 1 saturated heterocycles. The standard InChI is InChI=1S/C21H27N5O3S/c1-10(2)18-19-17(20(27)25(6)24-18)16(21(28)26-8-11(3)9-29-26)15(30-19)7-14-12(4)22-23-13(14)5/h10-11H,7-9H2,1-6H3,(H,22,23)/t11-/m0/s1. The Morgan fingerprint density at radius 2 is 2.10 bits per heavy atom. The first-order chi connectivity index (χ1) is 14.2. The second-order valence-electron chi connectivity index (χ2n) is 8.43. The number of hydrogen-bond acceptors (Lipinski definition) is 6. The molecule has 1 aliphatic rings. The maximum atomic E-state index is 13.5. The minimum absolute atomic E-state index is 0.120. The predicted octanol–water partition coefficient (Wildman–Crippen LogP) is 3.07. The number of amides is 1. The van der Waals surface area contributed by atoms with E-state index in [2.05, 4.69) is 15.3 Å². The third kappa shape index (κ3) is 3.35. The van der Waals surface area contributed by atoms with Crippen LogP contribution in [0.1, 0.15) is 64.6 Å². The molecule has 3 aromatic rings. The van der Waals surface area contributed by atoms with Crippen molar-refractivity contribution >= 4 is 27.3 Å². The number of H-pyrrole nitrogens is 1. The molecule has 30 heavy (non-hydrogen) atoms. The number of hydroxylamine groups is 2. The fourth-order valence-electron chi connectivity index (χ4n) is 3.87. The van der Waals surface area contributed by atoms with E-state index in [9.17, 15) is 9.59 Å². The van der Waals surface area contributed by atoms with Crippen LogP contribution in [0.2, 0.25) is 0 Å². The number of nitrogens with zero attached hydrogens (tertiary/aromatic N) is 4. The first kappa shape index (κ1) is 20.7. The second kappa shape index (κ2) is 7.63. The van der Waals surface area contributed by atoms with Crippen LogP contribution in [0.4, 0.5) is 0 Å². The quantitative estimate of drug-likeness (QED) is 0.688. The number of fused-ring (bicyclic) bond motifs is 1. The molecule has 0 aromatic carbocycles. The molecule has 1 N–H and O–H groups in total. The lowest BCUT2D eigenvalue weighted by molar-refractivity contribution is -0.0771. The van der Waals surface area contributed by atoms with E-state index >= 15 is 0 Å². The van der Waals surface area contributed by atoms with Gasteiger partial charge < -0.3 is 0 Å². The zero-order valence-corrected chi connectivity index (χ0v) is 19.0. The van der Waals surface area contributed by atoms with E-state index in [1.807, 2.05) is 34.6 Å². The average molecular weight is 430 g/mol. The maximum Gasteiger partial charge on any atom is 0.279 e. The van der Waals surface area contributed by atoms with Crippen molar-refractivity contribution in [1.82, 2.24) is 25.0 Å². The van der Waals surface area contributed by atoms with Gasteiger partial charge in [0.2, 0.25) is 0 Å². The molecule has 0 bridgehead atoms. The first-order valence-corrected chi connectivity index (χ1v) is 11.0. The van der Waals surface area contributed by atoms with Gasteiger partial charge in [0.05, 0.1) is 40.2 Å². The number of aryl methyl sites for hydroxylation is 3. The average Bonchev–Trinajstić information content (AvgIpc) is 3.37. The SMILES string of the molecule is Cc1n[nH]c(C)c1Cc1sc2c(C(C)C)nn(C)c(=O)c2c1C(=O)N1C[C@H](C)CO1. The van der Waals surface area contributed by atoms with Gasteiger partial charge in [-0.1, -0.05) is 20.8 Å². The van der Waals surface area contributed by atoms with Crippen LogP contribution in [-0.2, 0) is 18.3 Å². The van der Waals surface area contributed by atoms with Gasteiger partial charge in [-0.05, 0) is 19.8 Å². The Labute approximate surface area is 178 Å². The smallest absolute Gasteiger partial charge is 0.279 e. The number of carbonyl (C=O) groups is 1. The van der Waals surface area contributed by atoms with Crippen molar-refractivity contribution in [3.63, 3.8) is 0 Å². The van der Waals surface area contributed by atoms with Gasteiger partial charge in [-0.2, -0.15) is 10.2 Å². The molecule has 0 aliphatic carbocycles. The number of aromatic nitrogens is 4. The van der Waals surface area contributed by atoms with Crippen LogP contribution < -0.4 is 5.56 Å². The van der Waals surface area contributed by atoms with Crippen LogP contribution in [0.5, 0.6) is 0 Å². The molecule has 0 saturated carbocycles. The highest BCUT2D eigenvalue weighted by molar-refractivity contribution is 7.19. The summed E-state index contributed by atoms with van der Waals surface area (Å²) in [4.78, 5) is 33.2. The molecular weight excluding hydrogens is 402 g/mol. The van der Waals surface area contributed by atoms with Crippen molar-refractivity contribution in [1.29, 1.82) is 0 Å². The monoisotopic (exact) mass is 429 g/mol. The van der Waals surface area contributed by atoms with Crippen molar-refractivity contribution in [2.24, 2.45) is 13.0 Å². The molecule has 1 amide bonds. The first-order valence-electron chi connectivity index (χ1n) is 10.2. The summed E-state index contributed by atoms with van der Waals surface area (Å²) >= 11 is 1.48. The zero-order valence-electron chi connectivity index (χ0n) is 18.2. The van der Waals surface area contributed by atoms with Crippen LogP contribution >= 0.6 is 11.3 Å². The van der Waals surface area contributed by atoms with E-state index < -0.39 is 0 Å². The number of carbonyl (C=O) groups excluding carboxylic acids is 1. The van der Waals surface area contributed by atoms with Crippen molar-refractivity contribution in [3.8, 4) is 0 Å². The van der Waals surface area contributed by atoms with Crippen LogP contribution in [0.25, 0.3) is 10.1 Å². The number of thiophene rings is 1. The van der Waals surface area contributed by atoms with E-state index in [1.54, 1.807) is 7.05 Å². The Bertz CT molecular complexity index is 1170. The highest BCUT2D eigenvalue weighted by atomic mass is 32.1. The molecular formula is C21H27N5O3S. The molecule has 3 aromatic heterocycles. The van der Waals surface area contributed by atoms with E-state index in [0.29, 0.717) is 30.5 Å². The Hall–Kier alpha value is -2.52. The summed E-state index contributed by atoms with van der Waals surface area (Å²) in [6.07, 6.45) is 0.526. The third-order valence-corrected chi connectivity index (χ3v) is 6.79. The van der Waals surface area contributed by atoms with Crippen molar-refractivity contribution < 1.29 is 9.63 Å².